The number of carbonyl (C=O) groups excluding carboxylic acids is 1. The highest BCUT2D eigenvalue weighted by atomic mass is 32.2. The number of hydrogen-bond acceptors (Lipinski definition) is 3. The van der Waals surface area contributed by atoms with Crippen LogP contribution in [0.3, 0.4) is 0 Å². The molecule has 0 spiro atoms. The molecule has 0 aromatic carbocycles. The monoisotopic (exact) mass is 233 g/mol. The lowest BCUT2D eigenvalue weighted by molar-refractivity contribution is -0.869. The molecule has 5 heteroatoms. The van der Waals surface area contributed by atoms with Gasteiger partial charge in [-0.2, -0.15) is 0 Å². The molecule has 3 nitrogen and oxygen atoms in total. The molecule has 0 aromatic rings. The van der Waals surface area contributed by atoms with Crippen molar-refractivity contribution >= 4 is 34.2 Å². The molecule has 14 heavy (non-hydrogen) atoms. The minimum atomic E-state index is 0.174. The van der Waals surface area contributed by atoms with Crippen molar-refractivity contribution in [2.75, 3.05) is 40.0 Å². The summed E-state index contributed by atoms with van der Waals surface area (Å²) in [6.07, 6.45) is 0.587. The number of thiocarbonyl (C=S) groups is 1. The van der Waals surface area contributed by atoms with Gasteiger partial charge in [-0.25, -0.2) is 0 Å². The van der Waals surface area contributed by atoms with E-state index in [1.54, 1.807) is 16.7 Å². The topological polar surface area (TPSA) is 20.3 Å². The van der Waals surface area contributed by atoms with E-state index in [9.17, 15) is 4.79 Å². The number of thioether (sulfide) groups is 1. The second-order valence-corrected chi connectivity index (χ2v) is 6.15. The quantitative estimate of drug-likeness (QED) is 0.534. The fraction of sp³-hybridized carbons (Fsp3) is 0.778. The molecule has 0 bridgehead atoms. The minimum Gasteiger partial charge on any atom is -0.330 e. The summed E-state index contributed by atoms with van der Waals surface area (Å²) in [5, 5.41) is 0. The molecule has 1 amide bonds. The molecule has 1 rings (SSSR count). The lowest BCUT2D eigenvalue weighted by Crippen LogP contribution is -2.39. The molecule has 1 saturated heterocycles. The predicted molar refractivity (Wildman–Crippen MR) is 64.3 cm³/mol. The third-order valence-electron chi connectivity index (χ3n) is 2.06. The second kappa shape index (κ2) is 4.59. The summed E-state index contributed by atoms with van der Waals surface area (Å²) in [5.41, 5.74) is 0. The van der Waals surface area contributed by atoms with Gasteiger partial charge in [0, 0.05) is 12.3 Å². The normalized spacial score (nSPS) is 17.6. The SMILES string of the molecule is C[N+](C)(C)CCC(=O)N1CCSC1=S. The van der Waals surface area contributed by atoms with Crippen molar-refractivity contribution in [3.05, 3.63) is 0 Å². The molecule has 0 N–H and O–H groups in total. The molecule has 0 saturated carbocycles. The van der Waals surface area contributed by atoms with Gasteiger partial charge in [-0.3, -0.25) is 9.69 Å². The van der Waals surface area contributed by atoms with Crippen LogP contribution in [0, 0.1) is 0 Å². The Balaban J connectivity index is 2.39. The Morgan fingerprint density at radius 3 is 2.64 bits per heavy atom. The van der Waals surface area contributed by atoms with Crippen LogP contribution in [0.5, 0.6) is 0 Å². The maximum atomic E-state index is 11.7. The largest absolute Gasteiger partial charge is 0.330 e. The van der Waals surface area contributed by atoms with Crippen LogP contribution in [0.1, 0.15) is 6.42 Å². The molecule has 0 radical (unpaired) electrons. The summed E-state index contributed by atoms with van der Waals surface area (Å²) in [7, 11) is 6.26. The van der Waals surface area contributed by atoms with Gasteiger partial charge in [0.05, 0.1) is 34.1 Å². The molecule has 0 aliphatic carbocycles. The molecule has 1 fully saturated rings. The highest BCUT2D eigenvalue weighted by molar-refractivity contribution is 8.23. The van der Waals surface area contributed by atoms with E-state index in [0.29, 0.717) is 6.42 Å². The van der Waals surface area contributed by atoms with Crippen LogP contribution in [0.2, 0.25) is 0 Å². The van der Waals surface area contributed by atoms with Crippen molar-refractivity contribution in [1.82, 2.24) is 4.90 Å². The fourth-order valence-electron chi connectivity index (χ4n) is 1.19. The molecule has 0 unspecified atom stereocenters. The first-order valence-electron chi connectivity index (χ1n) is 4.68. The van der Waals surface area contributed by atoms with Crippen molar-refractivity contribution in [3.8, 4) is 0 Å². The van der Waals surface area contributed by atoms with Crippen molar-refractivity contribution in [3.63, 3.8) is 0 Å². The van der Waals surface area contributed by atoms with Crippen LogP contribution in [-0.2, 0) is 4.79 Å². The summed E-state index contributed by atoms with van der Waals surface area (Å²) >= 11 is 6.69. The van der Waals surface area contributed by atoms with Gasteiger partial charge in [0.1, 0.15) is 4.32 Å². The van der Waals surface area contributed by atoms with Gasteiger partial charge in [-0.15, -0.1) is 0 Å². The van der Waals surface area contributed by atoms with E-state index < -0.39 is 0 Å². The van der Waals surface area contributed by atoms with Gasteiger partial charge in [0.25, 0.3) is 0 Å². The van der Waals surface area contributed by atoms with E-state index >= 15 is 0 Å². The van der Waals surface area contributed by atoms with Gasteiger partial charge in [-0.05, 0) is 0 Å². The molecule has 1 aliphatic heterocycles. The van der Waals surface area contributed by atoms with Crippen molar-refractivity contribution in [2.24, 2.45) is 0 Å². The van der Waals surface area contributed by atoms with E-state index in [1.165, 1.54) is 0 Å². The van der Waals surface area contributed by atoms with Crippen LogP contribution in [-0.4, -0.2) is 59.6 Å². The van der Waals surface area contributed by atoms with E-state index in [2.05, 4.69) is 21.1 Å². The van der Waals surface area contributed by atoms with Crippen LogP contribution >= 0.6 is 24.0 Å². The lowest BCUT2D eigenvalue weighted by atomic mass is 10.3. The Morgan fingerprint density at radius 1 is 1.57 bits per heavy atom. The molecule has 0 atom stereocenters. The van der Waals surface area contributed by atoms with E-state index in [1.807, 2.05) is 0 Å². The van der Waals surface area contributed by atoms with E-state index in [-0.39, 0.29) is 5.91 Å². The minimum absolute atomic E-state index is 0.174. The zero-order valence-corrected chi connectivity index (χ0v) is 10.6. The van der Waals surface area contributed by atoms with Gasteiger partial charge in [0.15, 0.2) is 0 Å². The molecule has 1 heterocycles. The zero-order valence-electron chi connectivity index (χ0n) is 8.95. The van der Waals surface area contributed by atoms with Crippen molar-refractivity contribution < 1.29 is 9.28 Å². The third-order valence-corrected chi connectivity index (χ3v) is 3.49. The summed E-state index contributed by atoms with van der Waals surface area (Å²) in [5.74, 6) is 1.13. The van der Waals surface area contributed by atoms with Crippen LogP contribution in [0.25, 0.3) is 0 Å². The van der Waals surface area contributed by atoms with Crippen LogP contribution in [0.15, 0.2) is 0 Å². The number of carbonyl (C=O) groups is 1. The zero-order chi connectivity index (χ0) is 10.8. The Bertz CT molecular complexity index is 248. The molecule has 0 aromatic heterocycles. The van der Waals surface area contributed by atoms with Crippen molar-refractivity contribution in [1.29, 1.82) is 0 Å². The number of nitrogens with zero attached hydrogens (tertiary/aromatic N) is 2. The number of amides is 1. The molecular weight excluding hydrogens is 216 g/mol. The molecular formula is C9H17N2OS2+. The third kappa shape index (κ3) is 3.55. The maximum absolute atomic E-state index is 11.7. The summed E-state index contributed by atoms with van der Waals surface area (Å²) in [6.45, 7) is 1.65. The van der Waals surface area contributed by atoms with Crippen LogP contribution in [0.4, 0.5) is 0 Å². The lowest BCUT2D eigenvalue weighted by Gasteiger charge is -2.24. The fourth-order valence-corrected chi connectivity index (χ4v) is 2.43. The Labute approximate surface area is 95.0 Å². The Morgan fingerprint density at radius 2 is 2.21 bits per heavy atom. The van der Waals surface area contributed by atoms with Gasteiger partial charge < -0.3 is 4.48 Å². The highest BCUT2D eigenvalue weighted by Gasteiger charge is 2.24. The highest BCUT2D eigenvalue weighted by Crippen LogP contribution is 2.18. The number of hydrogen-bond donors (Lipinski definition) is 0. The van der Waals surface area contributed by atoms with Gasteiger partial charge in [0.2, 0.25) is 5.91 Å². The van der Waals surface area contributed by atoms with Crippen molar-refractivity contribution in [2.45, 2.75) is 6.42 Å². The van der Waals surface area contributed by atoms with Crippen LogP contribution < -0.4 is 0 Å². The summed E-state index contributed by atoms with van der Waals surface area (Å²) < 4.78 is 1.57. The first-order chi connectivity index (χ1) is 6.40. The Hall–Kier alpha value is -0.130. The van der Waals surface area contributed by atoms with E-state index in [0.717, 1.165) is 27.6 Å². The summed E-state index contributed by atoms with van der Waals surface area (Å²) in [4.78, 5) is 13.4. The second-order valence-electron chi connectivity index (χ2n) is 4.42. The summed E-state index contributed by atoms with van der Waals surface area (Å²) in [6, 6.07) is 0. The number of quaternary nitrogens is 1. The average Bonchev–Trinajstić information content (AvgIpc) is 2.46. The average molecular weight is 233 g/mol. The molecule has 80 valence electrons. The Kier molecular flexibility index (Phi) is 3.92. The first kappa shape index (κ1) is 11.9. The standard InChI is InChI=1S/C9H17N2OS2/c1-11(2,3)6-4-8(12)10-5-7-14-9(10)13/h4-7H2,1-3H3/q+1. The first-order valence-corrected chi connectivity index (χ1v) is 6.07. The molecule has 1 aliphatic rings. The van der Waals surface area contributed by atoms with Gasteiger partial charge in [-0.1, -0.05) is 24.0 Å². The smallest absolute Gasteiger partial charge is 0.233 e. The van der Waals surface area contributed by atoms with Gasteiger partial charge >= 0.3 is 0 Å². The predicted octanol–water partition coefficient (Wildman–Crippen LogP) is 0.943. The number of rotatable bonds is 3. The maximum Gasteiger partial charge on any atom is 0.233 e. The van der Waals surface area contributed by atoms with E-state index in [4.69, 9.17) is 12.2 Å².